The monoisotopic (exact) mass is 439 g/mol. The molecule has 2 atom stereocenters. The van der Waals surface area contributed by atoms with Crippen LogP contribution in [0.5, 0.6) is 0 Å². The SMILES string of the molecule is N#Cc1ccc(CCC(=O)c2cnc3c(c2NC2C4CC5CC2CC(O)(C5)C4)C=CC3)cc1. The minimum absolute atomic E-state index is 0.0971. The van der Waals surface area contributed by atoms with Gasteiger partial charge in [-0.3, -0.25) is 9.78 Å². The fraction of sp³-hybridized carbons (Fsp3) is 0.464. The Morgan fingerprint density at radius 3 is 2.64 bits per heavy atom. The number of carbonyl (C=O) groups is 1. The lowest BCUT2D eigenvalue weighted by Crippen LogP contribution is -2.59. The zero-order valence-corrected chi connectivity index (χ0v) is 18.8. The number of aryl methyl sites for hydroxylation is 1. The maximum Gasteiger partial charge on any atom is 0.166 e. The van der Waals surface area contributed by atoms with Gasteiger partial charge < -0.3 is 10.4 Å². The molecule has 2 N–H and O–H groups in total. The average Bonchev–Trinajstić information content (AvgIpc) is 3.28. The molecule has 0 saturated heterocycles. The van der Waals surface area contributed by atoms with Gasteiger partial charge in [-0.2, -0.15) is 5.26 Å². The number of anilines is 1. The van der Waals surface area contributed by atoms with Crippen molar-refractivity contribution in [2.24, 2.45) is 17.8 Å². The first-order chi connectivity index (χ1) is 16.0. The maximum absolute atomic E-state index is 13.4. The highest BCUT2D eigenvalue weighted by Gasteiger charge is 2.54. The zero-order valence-electron chi connectivity index (χ0n) is 18.8. The molecule has 2 aromatic rings. The third kappa shape index (κ3) is 3.67. The lowest BCUT2D eigenvalue weighted by molar-refractivity contribution is -0.129. The Balaban J connectivity index is 1.25. The van der Waals surface area contributed by atoms with Crippen LogP contribution in [0.4, 0.5) is 5.69 Å². The van der Waals surface area contributed by atoms with Crippen LogP contribution in [0.25, 0.3) is 6.08 Å². The van der Waals surface area contributed by atoms with Gasteiger partial charge in [0.25, 0.3) is 0 Å². The molecule has 4 saturated carbocycles. The molecule has 5 nitrogen and oxygen atoms in total. The largest absolute Gasteiger partial charge is 0.390 e. The van der Waals surface area contributed by atoms with Gasteiger partial charge >= 0.3 is 0 Å². The number of nitrogens with zero attached hydrogens (tertiary/aromatic N) is 2. The minimum atomic E-state index is -0.464. The van der Waals surface area contributed by atoms with Crippen molar-refractivity contribution < 1.29 is 9.90 Å². The number of pyridine rings is 1. The van der Waals surface area contributed by atoms with E-state index in [1.54, 1.807) is 18.3 Å². The van der Waals surface area contributed by atoms with Crippen molar-refractivity contribution in [3.05, 3.63) is 64.5 Å². The minimum Gasteiger partial charge on any atom is -0.390 e. The fourth-order valence-electron chi connectivity index (χ4n) is 7.09. The van der Waals surface area contributed by atoms with Gasteiger partial charge in [0.2, 0.25) is 0 Å². The van der Waals surface area contributed by atoms with Gasteiger partial charge in [-0.25, -0.2) is 0 Å². The van der Waals surface area contributed by atoms with E-state index in [2.05, 4.69) is 28.5 Å². The number of fused-ring (bicyclic) bond motifs is 1. The second-order valence-corrected chi connectivity index (χ2v) is 10.6. The Labute approximate surface area is 194 Å². The molecule has 7 rings (SSSR count). The van der Waals surface area contributed by atoms with Crippen molar-refractivity contribution in [2.75, 3.05) is 5.32 Å². The number of allylic oxidation sites excluding steroid dienone is 1. The van der Waals surface area contributed by atoms with E-state index in [0.717, 1.165) is 48.2 Å². The number of carbonyl (C=O) groups excluding carboxylic acids is 1. The highest BCUT2D eigenvalue weighted by molar-refractivity contribution is 6.03. The predicted molar refractivity (Wildman–Crippen MR) is 127 cm³/mol. The van der Waals surface area contributed by atoms with Gasteiger partial charge in [-0.1, -0.05) is 24.3 Å². The Bertz CT molecular complexity index is 1160. The van der Waals surface area contributed by atoms with Crippen molar-refractivity contribution >= 4 is 17.5 Å². The number of aromatic nitrogens is 1. The molecule has 4 bridgehead atoms. The molecule has 0 aliphatic heterocycles. The van der Waals surface area contributed by atoms with Crippen LogP contribution in [0.3, 0.4) is 0 Å². The van der Waals surface area contributed by atoms with Crippen molar-refractivity contribution in [3.8, 4) is 6.07 Å². The maximum atomic E-state index is 13.4. The first kappa shape index (κ1) is 20.6. The Hall–Kier alpha value is -2.97. The molecule has 1 aromatic heterocycles. The molecule has 5 aliphatic carbocycles. The molecular weight excluding hydrogens is 410 g/mol. The summed E-state index contributed by atoms with van der Waals surface area (Å²) < 4.78 is 0. The third-order valence-corrected chi connectivity index (χ3v) is 8.37. The van der Waals surface area contributed by atoms with Crippen LogP contribution in [0.15, 0.2) is 36.5 Å². The van der Waals surface area contributed by atoms with Crippen LogP contribution >= 0.6 is 0 Å². The number of aliphatic hydroxyl groups is 1. The summed E-state index contributed by atoms with van der Waals surface area (Å²) in [5.74, 6) is 1.69. The van der Waals surface area contributed by atoms with Crippen molar-refractivity contribution in [1.29, 1.82) is 5.26 Å². The van der Waals surface area contributed by atoms with Gasteiger partial charge in [0.1, 0.15) is 0 Å². The molecule has 0 amide bonds. The number of benzene rings is 1. The van der Waals surface area contributed by atoms with Crippen LogP contribution in [-0.2, 0) is 12.8 Å². The lowest BCUT2D eigenvalue weighted by atomic mass is 9.52. The van der Waals surface area contributed by atoms with Gasteiger partial charge in [-0.15, -0.1) is 0 Å². The van der Waals surface area contributed by atoms with Gasteiger partial charge in [0.05, 0.1) is 34.2 Å². The summed E-state index contributed by atoms with van der Waals surface area (Å²) in [5, 5.41) is 23.8. The lowest BCUT2D eigenvalue weighted by Gasteiger charge is -2.58. The summed E-state index contributed by atoms with van der Waals surface area (Å²) in [5.41, 5.74) is 4.95. The van der Waals surface area contributed by atoms with Crippen LogP contribution in [0.1, 0.15) is 71.3 Å². The number of nitrogens with one attached hydrogen (secondary N) is 1. The molecule has 5 heteroatoms. The molecule has 168 valence electrons. The number of rotatable bonds is 6. The zero-order chi connectivity index (χ0) is 22.6. The molecule has 0 radical (unpaired) electrons. The van der Waals surface area contributed by atoms with E-state index in [1.807, 2.05) is 12.1 Å². The van der Waals surface area contributed by atoms with E-state index >= 15 is 0 Å². The number of nitriles is 1. The molecule has 2 unspecified atom stereocenters. The van der Waals surface area contributed by atoms with E-state index < -0.39 is 5.60 Å². The topological polar surface area (TPSA) is 86.0 Å². The molecule has 33 heavy (non-hydrogen) atoms. The quantitative estimate of drug-likeness (QED) is 0.638. The highest BCUT2D eigenvalue weighted by Crippen LogP contribution is 2.56. The smallest absolute Gasteiger partial charge is 0.166 e. The molecule has 0 spiro atoms. The van der Waals surface area contributed by atoms with E-state index in [1.165, 1.54) is 12.8 Å². The van der Waals surface area contributed by atoms with E-state index in [4.69, 9.17) is 5.26 Å². The van der Waals surface area contributed by atoms with E-state index in [9.17, 15) is 9.90 Å². The van der Waals surface area contributed by atoms with Crippen molar-refractivity contribution in [2.45, 2.75) is 63.0 Å². The summed E-state index contributed by atoms with van der Waals surface area (Å²) in [4.78, 5) is 18.0. The second kappa shape index (κ2) is 7.81. The number of hydrogen-bond donors (Lipinski definition) is 2. The van der Waals surface area contributed by atoms with Gasteiger partial charge in [0, 0.05) is 30.6 Å². The highest BCUT2D eigenvalue weighted by atomic mass is 16.3. The first-order valence-corrected chi connectivity index (χ1v) is 12.2. The van der Waals surface area contributed by atoms with Crippen LogP contribution in [-0.4, -0.2) is 27.5 Å². The summed E-state index contributed by atoms with van der Waals surface area (Å²) in [6.45, 7) is 0. The van der Waals surface area contributed by atoms with Crippen LogP contribution < -0.4 is 5.32 Å². The van der Waals surface area contributed by atoms with E-state index in [-0.39, 0.29) is 5.78 Å². The van der Waals surface area contributed by atoms with Crippen LogP contribution in [0, 0.1) is 29.1 Å². The Morgan fingerprint density at radius 1 is 1.18 bits per heavy atom. The fourth-order valence-corrected chi connectivity index (χ4v) is 7.09. The normalized spacial score (nSPS) is 30.8. The number of Topliss-reactive ketones (excluding diaryl/α,β-unsaturated/α-hetero) is 1. The molecule has 1 aromatic carbocycles. The predicted octanol–water partition coefficient (Wildman–Crippen LogP) is 4.69. The summed E-state index contributed by atoms with van der Waals surface area (Å²) in [7, 11) is 0. The molecule has 5 aliphatic rings. The summed E-state index contributed by atoms with van der Waals surface area (Å²) in [6.07, 6.45) is 12.9. The molecule has 1 heterocycles. The average molecular weight is 440 g/mol. The second-order valence-electron chi connectivity index (χ2n) is 10.6. The first-order valence-electron chi connectivity index (χ1n) is 12.2. The molecule has 4 fully saturated rings. The summed E-state index contributed by atoms with van der Waals surface area (Å²) >= 11 is 0. The Kier molecular flexibility index (Phi) is 4.88. The van der Waals surface area contributed by atoms with Gasteiger partial charge in [0.15, 0.2) is 5.78 Å². The van der Waals surface area contributed by atoms with Crippen molar-refractivity contribution in [1.82, 2.24) is 4.98 Å². The summed E-state index contributed by atoms with van der Waals surface area (Å²) in [6, 6.07) is 9.90. The van der Waals surface area contributed by atoms with Crippen molar-refractivity contribution in [3.63, 3.8) is 0 Å². The Morgan fingerprint density at radius 2 is 1.94 bits per heavy atom. The van der Waals surface area contributed by atoms with Gasteiger partial charge in [-0.05, 0) is 74.0 Å². The standard InChI is InChI=1S/C28H29N3O2/c29-15-18-6-4-17(5-7-18)8-9-25(32)23-16-30-24-3-1-2-22(24)27(23)31-26-20-10-19-11-21(26)14-28(33,12-19)13-20/h1-2,4-7,16,19-21,26,33H,3,8-14H2,(H,30,31). The third-order valence-electron chi connectivity index (χ3n) is 8.37. The van der Waals surface area contributed by atoms with E-state index in [0.29, 0.717) is 47.8 Å². The number of hydrogen-bond acceptors (Lipinski definition) is 5. The molecular formula is C28H29N3O2. The van der Waals surface area contributed by atoms with Crippen LogP contribution in [0.2, 0.25) is 0 Å². The number of ketones is 1.